The first kappa shape index (κ1) is 15.7. The maximum Gasteiger partial charge on any atom is 0.326 e. The summed E-state index contributed by atoms with van der Waals surface area (Å²) in [5, 5.41) is 5.46. The molecule has 0 spiro atoms. The summed E-state index contributed by atoms with van der Waals surface area (Å²) in [6.45, 7) is 2.69. The second-order valence-corrected chi connectivity index (χ2v) is 6.05. The first-order chi connectivity index (χ1) is 10.2. The highest BCUT2D eigenvalue weighted by Crippen LogP contribution is 2.21. The van der Waals surface area contributed by atoms with Gasteiger partial charge in [-0.15, -0.1) is 11.3 Å². The van der Waals surface area contributed by atoms with Crippen molar-refractivity contribution in [3.63, 3.8) is 0 Å². The van der Waals surface area contributed by atoms with Crippen molar-refractivity contribution in [1.82, 2.24) is 5.32 Å². The molecule has 1 N–H and O–H groups in total. The molecular formula is C17H21NO2S. The molecule has 112 valence electrons. The first-order valence-corrected chi connectivity index (χ1v) is 7.98. The number of carbonyl (C=O) groups is 1. The van der Waals surface area contributed by atoms with E-state index in [1.54, 1.807) is 11.3 Å². The van der Waals surface area contributed by atoms with Crippen molar-refractivity contribution in [2.45, 2.75) is 31.8 Å². The Hall–Kier alpha value is -1.65. The van der Waals surface area contributed by atoms with Crippen molar-refractivity contribution in [1.29, 1.82) is 0 Å². The van der Waals surface area contributed by atoms with E-state index in [2.05, 4.69) is 11.4 Å². The molecule has 1 aromatic carbocycles. The second kappa shape index (κ2) is 7.38. The molecule has 2 aromatic rings. The highest BCUT2D eigenvalue weighted by Gasteiger charge is 2.37. The zero-order chi connectivity index (χ0) is 15.1. The standard InChI is InChI=1S/C17H21NO2S/c1-3-17(16(19)20-2,12-14-8-5-4-6-9-14)18-13-15-10-7-11-21-15/h4-11,18H,3,12-13H2,1-2H3. The molecular weight excluding hydrogens is 282 g/mol. The minimum absolute atomic E-state index is 0.203. The lowest BCUT2D eigenvalue weighted by atomic mass is 9.88. The van der Waals surface area contributed by atoms with E-state index in [1.807, 2.05) is 48.7 Å². The Balaban J connectivity index is 2.18. The third-order valence-corrected chi connectivity index (χ3v) is 4.59. The molecule has 4 heteroatoms. The van der Waals surface area contributed by atoms with Crippen LogP contribution in [0.3, 0.4) is 0 Å². The van der Waals surface area contributed by atoms with Gasteiger partial charge in [0.05, 0.1) is 7.11 Å². The molecule has 2 rings (SSSR count). The predicted molar refractivity (Wildman–Crippen MR) is 86.3 cm³/mol. The van der Waals surface area contributed by atoms with Crippen LogP contribution in [0.2, 0.25) is 0 Å². The van der Waals surface area contributed by atoms with Crippen molar-refractivity contribution < 1.29 is 9.53 Å². The molecule has 1 aromatic heterocycles. The van der Waals surface area contributed by atoms with E-state index >= 15 is 0 Å². The Bertz CT molecular complexity index is 553. The molecule has 0 saturated heterocycles. The smallest absolute Gasteiger partial charge is 0.326 e. The number of carbonyl (C=O) groups excluding carboxylic acids is 1. The number of rotatable bonds is 7. The predicted octanol–water partition coefficient (Wildman–Crippen LogP) is 3.40. The van der Waals surface area contributed by atoms with Crippen LogP contribution in [0, 0.1) is 0 Å². The van der Waals surface area contributed by atoms with Crippen LogP contribution < -0.4 is 5.32 Å². The van der Waals surface area contributed by atoms with Gasteiger partial charge in [-0.3, -0.25) is 10.1 Å². The summed E-state index contributed by atoms with van der Waals surface area (Å²) in [6, 6.07) is 14.1. The molecule has 0 saturated carbocycles. The molecule has 0 amide bonds. The van der Waals surface area contributed by atoms with E-state index in [0.29, 0.717) is 19.4 Å². The minimum atomic E-state index is -0.680. The average Bonchev–Trinajstić information content (AvgIpc) is 3.05. The largest absolute Gasteiger partial charge is 0.468 e. The fraction of sp³-hybridized carbons (Fsp3) is 0.353. The normalized spacial score (nSPS) is 13.6. The first-order valence-electron chi connectivity index (χ1n) is 7.10. The van der Waals surface area contributed by atoms with Crippen molar-refractivity contribution in [3.05, 3.63) is 58.3 Å². The quantitative estimate of drug-likeness (QED) is 0.797. The Labute approximate surface area is 130 Å². The summed E-state index contributed by atoms with van der Waals surface area (Å²) in [6.07, 6.45) is 1.31. The monoisotopic (exact) mass is 303 g/mol. The van der Waals surface area contributed by atoms with E-state index in [4.69, 9.17) is 4.74 Å². The lowest BCUT2D eigenvalue weighted by Crippen LogP contribution is -2.53. The van der Waals surface area contributed by atoms with Crippen LogP contribution in [-0.4, -0.2) is 18.6 Å². The number of benzene rings is 1. The van der Waals surface area contributed by atoms with Gasteiger partial charge in [0.1, 0.15) is 5.54 Å². The van der Waals surface area contributed by atoms with Gasteiger partial charge in [0, 0.05) is 17.8 Å². The summed E-state index contributed by atoms with van der Waals surface area (Å²) in [5.74, 6) is -0.203. The molecule has 21 heavy (non-hydrogen) atoms. The molecule has 3 nitrogen and oxygen atoms in total. The fourth-order valence-corrected chi connectivity index (χ4v) is 3.05. The Morgan fingerprint density at radius 1 is 1.24 bits per heavy atom. The summed E-state index contributed by atoms with van der Waals surface area (Å²) < 4.78 is 5.05. The number of nitrogens with one attached hydrogen (secondary N) is 1. The second-order valence-electron chi connectivity index (χ2n) is 5.02. The van der Waals surface area contributed by atoms with Gasteiger partial charge < -0.3 is 4.74 Å². The maximum absolute atomic E-state index is 12.3. The Kier molecular flexibility index (Phi) is 5.53. The van der Waals surface area contributed by atoms with E-state index in [0.717, 1.165) is 5.56 Å². The van der Waals surface area contributed by atoms with Crippen LogP contribution in [0.5, 0.6) is 0 Å². The van der Waals surface area contributed by atoms with Crippen molar-refractivity contribution in [2.24, 2.45) is 0 Å². The molecule has 0 radical (unpaired) electrons. The van der Waals surface area contributed by atoms with Crippen LogP contribution >= 0.6 is 11.3 Å². The lowest BCUT2D eigenvalue weighted by Gasteiger charge is -2.31. The van der Waals surface area contributed by atoms with E-state index in [1.165, 1.54) is 12.0 Å². The lowest BCUT2D eigenvalue weighted by molar-refractivity contribution is -0.149. The Morgan fingerprint density at radius 2 is 2.00 bits per heavy atom. The van der Waals surface area contributed by atoms with Gasteiger partial charge in [0.15, 0.2) is 0 Å². The van der Waals surface area contributed by atoms with Gasteiger partial charge in [-0.05, 0) is 23.4 Å². The van der Waals surface area contributed by atoms with Gasteiger partial charge in [0.2, 0.25) is 0 Å². The fourth-order valence-electron chi connectivity index (χ4n) is 2.41. The number of ether oxygens (including phenoxy) is 1. The van der Waals surface area contributed by atoms with Crippen molar-refractivity contribution in [2.75, 3.05) is 7.11 Å². The van der Waals surface area contributed by atoms with Gasteiger partial charge >= 0.3 is 5.97 Å². The van der Waals surface area contributed by atoms with Crippen molar-refractivity contribution in [3.8, 4) is 0 Å². The van der Waals surface area contributed by atoms with Gasteiger partial charge in [-0.1, -0.05) is 43.3 Å². The summed E-state index contributed by atoms with van der Waals surface area (Å²) in [5.41, 5.74) is 0.448. The van der Waals surface area contributed by atoms with Crippen LogP contribution in [0.1, 0.15) is 23.8 Å². The third-order valence-electron chi connectivity index (χ3n) is 3.71. The van der Waals surface area contributed by atoms with Crippen LogP contribution in [0.15, 0.2) is 47.8 Å². The van der Waals surface area contributed by atoms with Crippen LogP contribution in [-0.2, 0) is 22.5 Å². The molecule has 0 aliphatic carbocycles. The van der Waals surface area contributed by atoms with Crippen LogP contribution in [0.25, 0.3) is 0 Å². The Morgan fingerprint density at radius 3 is 2.57 bits per heavy atom. The molecule has 1 unspecified atom stereocenters. The molecule has 1 heterocycles. The average molecular weight is 303 g/mol. The number of esters is 1. The van der Waals surface area contributed by atoms with E-state index in [9.17, 15) is 4.79 Å². The number of hydrogen-bond acceptors (Lipinski definition) is 4. The maximum atomic E-state index is 12.3. The molecule has 0 aliphatic heterocycles. The zero-order valence-electron chi connectivity index (χ0n) is 12.5. The van der Waals surface area contributed by atoms with Crippen molar-refractivity contribution >= 4 is 17.3 Å². The number of hydrogen-bond donors (Lipinski definition) is 1. The van der Waals surface area contributed by atoms with Gasteiger partial charge in [-0.2, -0.15) is 0 Å². The molecule has 0 bridgehead atoms. The zero-order valence-corrected chi connectivity index (χ0v) is 13.3. The SMILES string of the molecule is CCC(Cc1ccccc1)(NCc1cccs1)C(=O)OC. The highest BCUT2D eigenvalue weighted by atomic mass is 32.1. The third kappa shape index (κ3) is 3.93. The highest BCUT2D eigenvalue weighted by molar-refractivity contribution is 7.09. The van der Waals surface area contributed by atoms with Gasteiger partial charge in [-0.25, -0.2) is 0 Å². The summed E-state index contributed by atoms with van der Waals surface area (Å²) in [7, 11) is 1.45. The minimum Gasteiger partial charge on any atom is -0.468 e. The summed E-state index contributed by atoms with van der Waals surface area (Å²) in [4.78, 5) is 13.6. The topological polar surface area (TPSA) is 38.3 Å². The number of methoxy groups -OCH3 is 1. The van der Waals surface area contributed by atoms with E-state index in [-0.39, 0.29) is 5.97 Å². The van der Waals surface area contributed by atoms with Gasteiger partial charge in [0.25, 0.3) is 0 Å². The molecule has 0 aliphatic rings. The van der Waals surface area contributed by atoms with Crippen LogP contribution in [0.4, 0.5) is 0 Å². The number of thiophene rings is 1. The molecule has 0 fully saturated rings. The molecule has 1 atom stereocenters. The van der Waals surface area contributed by atoms with E-state index < -0.39 is 5.54 Å². The summed E-state index contributed by atoms with van der Waals surface area (Å²) >= 11 is 1.69.